The van der Waals surface area contributed by atoms with Crippen LogP contribution in [-0.4, -0.2) is 31.1 Å². The van der Waals surface area contributed by atoms with E-state index in [1.165, 1.54) is 6.07 Å². The number of nitrogens with one attached hydrogen (secondary N) is 1. The molecule has 2 aromatic carbocycles. The molecule has 0 unspecified atom stereocenters. The number of rotatable bonds is 4. The molecular weight excluding hydrogens is 384 g/mol. The van der Waals surface area contributed by atoms with Crippen molar-refractivity contribution in [3.05, 3.63) is 48.2 Å². The Hall–Kier alpha value is -3.94. The van der Waals surface area contributed by atoms with Gasteiger partial charge in [0.05, 0.1) is 11.3 Å². The summed E-state index contributed by atoms with van der Waals surface area (Å²) in [6.07, 6.45) is 0.958. The summed E-state index contributed by atoms with van der Waals surface area (Å²) in [4.78, 5) is 11.4. The Kier molecular flexibility index (Phi) is 4.62. The molecule has 0 aliphatic heterocycles. The lowest BCUT2D eigenvalue weighted by Gasteiger charge is -2.13. The number of phenols is 2. The van der Waals surface area contributed by atoms with Gasteiger partial charge in [-0.25, -0.2) is 4.79 Å². The van der Waals surface area contributed by atoms with Crippen molar-refractivity contribution in [2.24, 2.45) is 12.8 Å². The molecule has 0 radical (unpaired) electrons. The molecule has 154 valence electrons. The molecule has 0 saturated heterocycles. The first-order valence-electron chi connectivity index (χ1n) is 9.43. The van der Waals surface area contributed by atoms with E-state index in [1.807, 2.05) is 55.9 Å². The van der Waals surface area contributed by atoms with Crippen LogP contribution in [0.25, 0.3) is 33.3 Å². The maximum absolute atomic E-state index is 11.4. The number of aromatic amines is 1. The van der Waals surface area contributed by atoms with Gasteiger partial charge >= 0.3 is 6.09 Å². The number of benzene rings is 2. The van der Waals surface area contributed by atoms with Gasteiger partial charge in [0.2, 0.25) is 0 Å². The monoisotopic (exact) mass is 406 g/mol. The van der Waals surface area contributed by atoms with Crippen molar-refractivity contribution >= 4 is 17.0 Å². The van der Waals surface area contributed by atoms with Crippen molar-refractivity contribution in [3.8, 4) is 39.8 Å². The van der Waals surface area contributed by atoms with Gasteiger partial charge in [0.25, 0.3) is 5.88 Å². The summed E-state index contributed by atoms with van der Waals surface area (Å²) in [7, 11) is 1.95. The molecule has 30 heavy (non-hydrogen) atoms. The van der Waals surface area contributed by atoms with E-state index in [9.17, 15) is 15.0 Å². The average Bonchev–Trinajstić information content (AvgIpc) is 3.24. The lowest BCUT2D eigenvalue weighted by Crippen LogP contribution is -2.16. The topological polar surface area (TPSA) is 126 Å². The summed E-state index contributed by atoms with van der Waals surface area (Å²) in [5.74, 6) is -0.0936. The highest BCUT2D eigenvalue weighted by molar-refractivity contribution is 5.93. The quantitative estimate of drug-likeness (QED) is 0.403. The van der Waals surface area contributed by atoms with Gasteiger partial charge in [0, 0.05) is 35.8 Å². The van der Waals surface area contributed by atoms with E-state index in [2.05, 4.69) is 10.2 Å². The van der Waals surface area contributed by atoms with E-state index < -0.39 is 6.09 Å². The van der Waals surface area contributed by atoms with Crippen molar-refractivity contribution in [3.63, 3.8) is 0 Å². The third kappa shape index (κ3) is 3.22. The highest BCUT2D eigenvalue weighted by atomic mass is 16.6. The molecule has 0 aliphatic carbocycles. The smallest absolute Gasteiger partial charge is 0.411 e. The second kappa shape index (κ2) is 7.14. The molecule has 5 N–H and O–H groups in total. The minimum absolute atomic E-state index is 0.00588. The van der Waals surface area contributed by atoms with E-state index in [-0.39, 0.29) is 23.3 Å². The highest BCUT2D eigenvalue weighted by Crippen LogP contribution is 2.44. The van der Waals surface area contributed by atoms with Gasteiger partial charge in [-0.15, -0.1) is 5.10 Å². The van der Waals surface area contributed by atoms with Gasteiger partial charge in [-0.2, -0.15) is 0 Å². The summed E-state index contributed by atoms with van der Waals surface area (Å²) < 4.78 is 7.12. The van der Waals surface area contributed by atoms with Gasteiger partial charge < -0.3 is 25.3 Å². The lowest BCUT2D eigenvalue weighted by atomic mass is 9.94. The number of H-pyrrole nitrogens is 1. The molecule has 1 amide bonds. The van der Waals surface area contributed by atoms with Gasteiger partial charge in [0.15, 0.2) is 0 Å². The van der Waals surface area contributed by atoms with Crippen molar-refractivity contribution in [1.29, 1.82) is 0 Å². The van der Waals surface area contributed by atoms with E-state index >= 15 is 0 Å². The minimum atomic E-state index is -0.993. The second-order valence-electron chi connectivity index (χ2n) is 7.48. The molecule has 8 heteroatoms. The van der Waals surface area contributed by atoms with Gasteiger partial charge in [-0.1, -0.05) is 19.9 Å². The zero-order valence-electron chi connectivity index (χ0n) is 16.8. The average molecular weight is 406 g/mol. The van der Waals surface area contributed by atoms with Gasteiger partial charge in [0.1, 0.15) is 11.5 Å². The lowest BCUT2D eigenvalue weighted by molar-refractivity contribution is 0.209. The summed E-state index contributed by atoms with van der Waals surface area (Å²) in [5, 5.41) is 28.7. The van der Waals surface area contributed by atoms with Crippen LogP contribution in [0.5, 0.6) is 17.4 Å². The summed E-state index contributed by atoms with van der Waals surface area (Å²) >= 11 is 0. The zero-order valence-corrected chi connectivity index (χ0v) is 16.8. The van der Waals surface area contributed by atoms with Crippen molar-refractivity contribution in [1.82, 2.24) is 14.8 Å². The first-order chi connectivity index (χ1) is 14.3. The molecule has 4 aromatic rings. The Balaban J connectivity index is 1.97. The third-order valence-electron chi connectivity index (χ3n) is 5.14. The third-order valence-corrected chi connectivity index (χ3v) is 5.14. The number of aromatic nitrogens is 3. The number of aromatic hydroxyl groups is 2. The van der Waals surface area contributed by atoms with E-state index in [0.29, 0.717) is 22.4 Å². The number of fused-ring (bicyclic) bond motifs is 1. The Bertz CT molecular complexity index is 1270. The minimum Gasteiger partial charge on any atom is -0.508 e. The number of nitrogens with zero attached hydrogens (tertiary/aromatic N) is 2. The van der Waals surface area contributed by atoms with E-state index in [1.54, 1.807) is 6.07 Å². The van der Waals surface area contributed by atoms with E-state index in [4.69, 9.17) is 10.5 Å². The van der Waals surface area contributed by atoms with Crippen LogP contribution >= 0.6 is 0 Å². The zero-order chi connectivity index (χ0) is 21.6. The molecule has 0 saturated carbocycles. The Morgan fingerprint density at radius 3 is 2.63 bits per heavy atom. The summed E-state index contributed by atoms with van der Waals surface area (Å²) in [6.45, 7) is 3.88. The first kappa shape index (κ1) is 19.4. The number of hydrogen-bond acceptors (Lipinski definition) is 5. The van der Waals surface area contributed by atoms with Crippen molar-refractivity contribution in [2.45, 2.75) is 19.8 Å². The number of hydrogen-bond donors (Lipinski definition) is 4. The van der Waals surface area contributed by atoms with Gasteiger partial charge in [-0.05, 0) is 41.3 Å². The normalized spacial score (nSPS) is 11.3. The van der Waals surface area contributed by atoms with Crippen molar-refractivity contribution < 1.29 is 19.7 Å². The van der Waals surface area contributed by atoms with Crippen LogP contribution in [0.4, 0.5) is 4.79 Å². The predicted octanol–water partition coefficient (Wildman–Crippen LogP) is 4.23. The number of aryl methyl sites for hydroxylation is 1. The fourth-order valence-corrected chi connectivity index (χ4v) is 3.65. The van der Waals surface area contributed by atoms with Crippen LogP contribution in [-0.2, 0) is 7.05 Å². The molecule has 0 atom stereocenters. The largest absolute Gasteiger partial charge is 0.508 e. The predicted molar refractivity (Wildman–Crippen MR) is 114 cm³/mol. The second-order valence-corrected chi connectivity index (χ2v) is 7.48. The Morgan fingerprint density at radius 1 is 1.17 bits per heavy atom. The summed E-state index contributed by atoms with van der Waals surface area (Å²) in [6, 6.07) is 10.7. The Labute approximate surface area is 172 Å². The SMILES string of the molecule is CC(C)c1cc(-c2[nH]nc(OC(N)=O)c2-c2ccc3c(ccn3C)c2)c(O)cc1O. The fourth-order valence-electron chi connectivity index (χ4n) is 3.65. The Morgan fingerprint density at radius 2 is 1.93 bits per heavy atom. The number of nitrogens with two attached hydrogens (primary N) is 1. The fraction of sp³-hybridized carbons (Fsp3) is 0.182. The molecule has 0 spiro atoms. The molecule has 2 aromatic heterocycles. The number of phenolic OH excluding ortho intramolecular Hbond substituents is 2. The van der Waals surface area contributed by atoms with Crippen LogP contribution in [0.2, 0.25) is 0 Å². The van der Waals surface area contributed by atoms with Crippen molar-refractivity contribution in [2.75, 3.05) is 0 Å². The highest BCUT2D eigenvalue weighted by Gasteiger charge is 2.23. The molecule has 8 nitrogen and oxygen atoms in total. The molecule has 0 aliphatic rings. The van der Waals surface area contributed by atoms with E-state index in [0.717, 1.165) is 16.5 Å². The molecule has 0 bridgehead atoms. The van der Waals surface area contributed by atoms with Crippen LogP contribution in [0.3, 0.4) is 0 Å². The maximum Gasteiger partial charge on any atom is 0.411 e. The molecule has 4 rings (SSSR count). The maximum atomic E-state index is 11.4. The first-order valence-corrected chi connectivity index (χ1v) is 9.43. The van der Waals surface area contributed by atoms with Crippen LogP contribution in [0.15, 0.2) is 42.6 Å². The number of amides is 1. The number of primary amides is 1. The number of ether oxygens (including phenoxy) is 1. The van der Waals surface area contributed by atoms with Crippen LogP contribution in [0, 0.1) is 0 Å². The van der Waals surface area contributed by atoms with Crippen LogP contribution < -0.4 is 10.5 Å². The van der Waals surface area contributed by atoms with Gasteiger partial charge in [-0.3, -0.25) is 5.10 Å². The van der Waals surface area contributed by atoms with Crippen LogP contribution in [0.1, 0.15) is 25.3 Å². The molecule has 0 fully saturated rings. The molecular formula is C22H22N4O4. The standard InChI is InChI=1S/C22H22N4O4/c1-11(2)14-9-15(18(28)10-17(14)27)20-19(21(25-24-20)30-22(23)29)13-4-5-16-12(8-13)6-7-26(16)3/h4-11,27-28H,1-3H3,(H2,23,29)(H,24,25). The number of carbonyl (C=O) groups excluding carboxylic acids is 1. The molecule has 2 heterocycles. The number of carbonyl (C=O) groups is 1. The summed E-state index contributed by atoms with van der Waals surface area (Å²) in [5.41, 5.74) is 9.01.